The summed E-state index contributed by atoms with van der Waals surface area (Å²) in [6.45, 7) is 0.461. The first-order chi connectivity index (χ1) is 9.59. The minimum atomic E-state index is -0.638. The van der Waals surface area contributed by atoms with E-state index in [-0.39, 0.29) is 5.69 Å². The van der Waals surface area contributed by atoms with E-state index in [1.807, 2.05) is 0 Å². The lowest BCUT2D eigenvalue weighted by Crippen LogP contribution is -2.43. The summed E-state index contributed by atoms with van der Waals surface area (Å²) in [7, 11) is 0. The summed E-state index contributed by atoms with van der Waals surface area (Å²) in [5.41, 5.74) is 0.190. The van der Waals surface area contributed by atoms with Crippen molar-refractivity contribution in [2.24, 2.45) is 0 Å². The Bertz CT molecular complexity index is 668. The molecule has 1 aromatic heterocycles. The number of nitro groups is 1. The number of hydrogen-bond donors (Lipinski definition) is 2. The van der Waals surface area contributed by atoms with E-state index in [2.05, 4.69) is 10.3 Å². The fourth-order valence-corrected chi connectivity index (χ4v) is 2.51. The monoisotopic (exact) mass is 273 g/mol. The molecule has 0 bridgehead atoms. The average molecular weight is 273 g/mol. The molecule has 2 aromatic rings. The fraction of sp³-hybridized carbons (Fsp3) is 0.357. The van der Waals surface area contributed by atoms with Crippen LogP contribution in [0.1, 0.15) is 19.3 Å². The van der Waals surface area contributed by atoms with Crippen LogP contribution >= 0.6 is 0 Å². The van der Waals surface area contributed by atoms with Crippen LogP contribution in [-0.2, 0) is 0 Å². The molecule has 0 saturated heterocycles. The van der Waals surface area contributed by atoms with Gasteiger partial charge in [-0.2, -0.15) is 0 Å². The van der Waals surface area contributed by atoms with Crippen molar-refractivity contribution in [2.45, 2.75) is 24.9 Å². The highest BCUT2D eigenvalue weighted by Crippen LogP contribution is 2.34. The first-order valence-corrected chi connectivity index (χ1v) is 6.56. The Morgan fingerprint density at radius 3 is 2.80 bits per heavy atom. The van der Waals surface area contributed by atoms with Gasteiger partial charge in [0, 0.05) is 36.1 Å². The lowest BCUT2D eigenvalue weighted by Gasteiger charge is -2.37. The largest absolute Gasteiger partial charge is 0.388 e. The van der Waals surface area contributed by atoms with Gasteiger partial charge in [-0.1, -0.05) is 0 Å². The number of nitro benzene ring substituents is 1. The van der Waals surface area contributed by atoms with Crippen LogP contribution in [0.3, 0.4) is 0 Å². The van der Waals surface area contributed by atoms with E-state index in [1.165, 1.54) is 12.3 Å². The number of anilines is 1. The molecule has 0 aliphatic heterocycles. The molecule has 1 aliphatic rings. The van der Waals surface area contributed by atoms with Crippen LogP contribution in [0.15, 0.2) is 30.6 Å². The first-order valence-electron chi connectivity index (χ1n) is 6.56. The molecule has 1 saturated carbocycles. The third kappa shape index (κ3) is 2.18. The molecule has 0 radical (unpaired) electrons. The van der Waals surface area contributed by atoms with Gasteiger partial charge in [-0.25, -0.2) is 0 Å². The highest BCUT2D eigenvalue weighted by atomic mass is 16.6. The van der Waals surface area contributed by atoms with E-state index in [4.69, 9.17) is 0 Å². The predicted octanol–water partition coefficient (Wildman–Crippen LogP) is 2.47. The van der Waals surface area contributed by atoms with Crippen molar-refractivity contribution in [2.75, 3.05) is 11.9 Å². The Morgan fingerprint density at radius 2 is 2.15 bits per heavy atom. The van der Waals surface area contributed by atoms with E-state index < -0.39 is 10.5 Å². The molecule has 3 rings (SSSR count). The Kier molecular flexibility index (Phi) is 3.02. The van der Waals surface area contributed by atoms with E-state index in [1.54, 1.807) is 18.3 Å². The SMILES string of the molecule is O=[N+]([O-])c1ccc(NCC2(O)CCC2)c2ccncc12. The molecule has 0 spiro atoms. The zero-order valence-electron chi connectivity index (χ0n) is 10.9. The molecule has 0 amide bonds. The van der Waals surface area contributed by atoms with Crippen LogP contribution in [0.2, 0.25) is 0 Å². The maximum absolute atomic E-state index is 11.0. The quantitative estimate of drug-likeness (QED) is 0.660. The van der Waals surface area contributed by atoms with Crippen molar-refractivity contribution in [3.63, 3.8) is 0 Å². The molecule has 0 atom stereocenters. The average Bonchev–Trinajstić information content (AvgIpc) is 2.42. The second-order valence-electron chi connectivity index (χ2n) is 5.24. The Labute approximate surface area is 115 Å². The number of aromatic nitrogens is 1. The molecule has 1 aromatic carbocycles. The molecule has 1 heterocycles. The van der Waals surface area contributed by atoms with Gasteiger partial charge in [0.2, 0.25) is 0 Å². The van der Waals surface area contributed by atoms with Crippen LogP contribution in [0.4, 0.5) is 11.4 Å². The van der Waals surface area contributed by atoms with Crippen LogP contribution in [0.5, 0.6) is 0 Å². The lowest BCUT2D eigenvalue weighted by atomic mass is 9.80. The minimum Gasteiger partial charge on any atom is -0.388 e. The van der Waals surface area contributed by atoms with Crippen molar-refractivity contribution >= 4 is 22.1 Å². The maximum Gasteiger partial charge on any atom is 0.278 e. The van der Waals surface area contributed by atoms with Gasteiger partial charge in [0.25, 0.3) is 5.69 Å². The number of nitrogens with zero attached hydrogens (tertiary/aromatic N) is 2. The first kappa shape index (κ1) is 12.8. The highest BCUT2D eigenvalue weighted by molar-refractivity contribution is 5.99. The van der Waals surface area contributed by atoms with Crippen molar-refractivity contribution in [1.82, 2.24) is 4.98 Å². The van der Waals surface area contributed by atoms with Gasteiger partial charge >= 0.3 is 0 Å². The van der Waals surface area contributed by atoms with Crippen LogP contribution in [0, 0.1) is 10.1 Å². The second kappa shape index (κ2) is 4.72. The summed E-state index contributed by atoms with van der Waals surface area (Å²) in [5, 5.41) is 25.6. The van der Waals surface area contributed by atoms with Crippen molar-refractivity contribution < 1.29 is 10.0 Å². The molecule has 20 heavy (non-hydrogen) atoms. The third-order valence-electron chi connectivity index (χ3n) is 3.88. The molecule has 0 unspecified atom stereocenters. The van der Waals surface area contributed by atoms with E-state index in [9.17, 15) is 15.2 Å². The van der Waals surface area contributed by atoms with E-state index in [0.29, 0.717) is 11.9 Å². The van der Waals surface area contributed by atoms with Gasteiger partial charge < -0.3 is 10.4 Å². The van der Waals surface area contributed by atoms with E-state index >= 15 is 0 Å². The van der Waals surface area contributed by atoms with Gasteiger partial charge in [-0.15, -0.1) is 0 Å². The normalized spacial score (nSPS) is 16.6. The number of fused-ring (bicyclic) bond motifs is 1. The van der Waals surface area contributed by atoms with Gasteiger partial charge in [0.05, 0.1) is 15.9 Å². The minimum absolute atomic E-state index is 0.0426. The standard InChI is InChI=1S/C14H15N3O3/c18-14(5-1-6-14)9-16-12-2-3-13(17(19)20)11-8-15-7-4-10(11)12/h2-4,7-8,16,18H,1,5-6,9H2. The number of hydrogen-bond acceptors (Lipinski definition) is 5. The molecular formula is C14H15N3O3. The zero-order chi connectivity index (χ0) is 14.2. The summed E-state index contributed by atoms with van der Waals surface area (Å²) >= 11 is 0. The zero-order valence-corrected chi connectivity index (χ0v) is 10.9. The number of benzene rings is 1. The molecular weight excluding hydrogens is 258 g/mol. The van der Waals surface area contributed by atoms with Crippen molar-refractivity contribution in [3.8, 4) is 0 Å². The number of aliphatic hydroxyl groups is 1. The number of rotatable bonds is 4. The van der Waals surface area contributed by atoms with Crippen LogP contribution in [-0.4, -0.2) is 27.2 Å². The maximum atomic E-state index is 11.0. The summed E-state index contributed by atoms with van der Waals surface area (Å²) in [6.07, 6.45) is 5.74. The van der Waals surface area contributed by atoms with Gasteiger partial charge in [-0.05, 0) is 31.4 Å². The third-order valence-corrected chi connectivity index (χ3v) is 3.88. The van der Waals surface area contributed by atoms with Crippen molar-refractivity contribution in [1.29, 1.82) is 0 Å². The summed E-state index contributed by atoms with van der Waals surface area (Å²) in [6, 6.07) is 4.90. The lowest BCUT2D eigenvalue weighted by molar-refractivity contribution is -0.383. The number of non-ortho nitro benzene ring substituents is 1. The topological polar surface area (TPSA) is 88.3 Å². The summed E-state index contributed by atoms with van der Waals surface area (Å²) in [5.74, 6) is 0. The Morgan fingerprint density at radius 1 is 1.35 bits per heavy atom. The van der Waals surface area contributed by atoms with E-state index in [0.717, 1.165) is 30.3 Å². The Balaban J connectivity index is 1.95. The van der Waals surface area contributed by atoms with Gasteiger partial charge in [0.1, 0.15) is 0 Å². The molecule has 2 N–H and O–H groups in total. The fourth-order valence-electron chi connectivity index (χ4n) is 2.51. The van der Waals surface area contributed by atoms with Crippen LogP contribution < -0.4 is 5.32 Å². The molecule has 6 nitrogen and oxygen atoms in total. The Hall–Kier alpha value is -2.21. The predicted molar refractivity (Wildman–Crippen MR) is 75.7 cm³/mol. The number of nitrogens with one attached hydrogen (secondary N) is 1. The van der Waals surface area contributed by atoms with Gasteiger partial charge in [-0.3, -0.25) is 15.1 Å². The molecule has 6 heteroatoms. The molecule has 1 aliphatic carbocycles. The summed E-state index contributed by atoms with van der Waals surface area (Å²) in [4.78, 5) is 14.6. The molecule has 104 valence electrons. The van der Waals surface area contributed by atoms with Crippen LogP contribution in [0.25, 0.3) is 10.8 Å². The molecule has 1 fully saturated rings. The number of pyridine rings is 1. The highest BCUT2D eigenvalue weighted by Gasteiger charge is 2.34. The second-order valence-corrected chi connectivity index (χ2v) is 5.24. The van der Waals surface area contributed by atoms with Gasteiger partial charge in [0.15, 0.2) is 0 Å². The van der Waals surface area contributed by atoms with Crippen molar-refractivity contribution in [3.05, 3.63) is 40.7 Å². The summed E-state index contributed by atoms with van der Waals surface area (Å²) < 4.78 is 0. The smallest absolute Gasteiger partial charge is 0.278 e.